The number of ketones is 1. The lowest BCUT2D eigenvalue weighted by atomic mass is 9.89. The number of nitrogens with zero attached hydrogens (tertiary/aromatic N) is 3. The maximum atomic E-state index is 12.8. The van der Waals surface area contributed by atoms with Crippen LogP contribution in [0.15, 0.2) is 36.5 Å². The molecule has 2 amide bonds. The summed E-state index contributed by atoms with van der Waals surface area (Å²) in [5, 5.41) is 7.47. The molecule has 1 spiro atoms. The minimum absolute atomic E-state index is 0.0836. The molecule has 3 aliphatic rings. The van der Waals surface area contributed by atoms with E-state index in [1.54, 1.807) is 11.0 Å². The fourth-order valence-electron chi connectivity index (χ4n) is 4.83. The van der Waals surface area contributed by atoms with Crippen molar-refractivity contribution in [1.82, 2.24) is 14.7 Å². The normalized spacial score (nSPS) is 24.4. The Kier molecular flexibility index (Phi) is 4.53. The Balaban J connectivity index is 1.23. The lowest BCUT2D eigenvalue weighted by Crippen LogP contribution is -2.46. The Morgan fingerprint density at radius 3 is 2.86 bits per heavy atom. The van der Waals surface area contributed by atoms with Crippen LogP contribution in [0.3, 0.4) is 0 Å². The molecule has 5 rings (SSSR count). The van der Waals surface area contributed by atoms with Crippen LogP contribution in [0.1, 0.15) is 61.3 Å². The van der Waals surface area contributed by atoms with E-state index in [2.05, 4.69) is 10.4 Å². The molecule has 1 aromatic carbocycles. The Bertz CT molecular complexity index is 934. The highest BCUT2D eigenvalue weighted by Gasteiger charge is 2.47. The molecule has 0 radical (unpaired) electrons. The molecule has 1 atom stereocenters. The maximum Gasteiger partial charge on any atom is 0.323 e. The number of aromatic nitrogens is 2. The van der Waals surface area contributed by atoms with Gasteiger partial charge in [-0.25, -0.2) is 4.79 Å². The Morgan fingerprint density at radius 2 is 2.00 bits per heavy atom. The third-order valence-corrected chi connectivity index (χ3v) is 6.39. The third-order valence-electron chi connectivity index (χ3n) is 6.39. The van der Waals surface area contributed by atoms with Crippen LogP contribution in [-0.4, -0.2) is 45.2 Å². The van der Waals surface area contributed by atoms with Gasteiger partial charge in [0.2, 0.25) is 0 Å². The second-order valence-corrected chi connectivity index (χ2v) is 8.46. The van der Waals surface area contributed by atoms with E-state index in [1.807, 2.05) is 35.1 Å². The Morgan fingerprint density at radius 1 is 1.17 bits per heavy atom. The Hall–Kier alpha value is -2.83. The number of carbonyl (C=O) groups excluding carboxylic acids is 2. The summed E-state index contributed by atoms with van der Waals surface area (Å²) in [7, 11) is 0. The van der Waals surface area contributed by atoms with E-state index in [9.17, 15) is 9.59 Å². The van der Waals surface area contributed by atoms with E-state index in [-0.39, 0.29) is 11.8 Å². The summed E-state index contributed by atoms with van der Waals surface area (Å²) >= 11 is 0. The first-order valence-corrected chi connectivity index (χ1v) is 10.5. The van der Waals surface area contributed by atoms with Crippen LogP contribution < -0.4 is 10.1 Å². The van der Waals surface area contributed by atoms with Crippen molar-refractivity contribution in [3.63, 3.8) is 0 Å². The number of amides is 2. The highest BCUT2D eigenvalue weighted by Crippen LogP contribution is 2.38. The van der Waals surface area contributed by atoms with Crippen molar-refractivity contribution in [2.45, 2.75) is 56.6 Å². The molecule has 29 heavy (non-hydrogen) atoms. The number of fused-ring (bicyclic) bond motifs is 1. The molecule has 1 saturated heterocycles. The van der Waals surface area contributed by atoms with Gasteiger partial charge < -0.3 is 9.64 Å². The van der Waals surface area contributed by atoms with Gasteiger partial charge >= 0.3 is 6.03 Å². The van der Waals surface area contributed by atoms with Crippen molar-refractivity contribution >= 4 is 17.6 Å². The van der Waals surface area contributed by atoms with Crippen molar-refractivity contribution in [3.8, 4) is 5.75 Å². The summed E-state index contributed by atoms with van der Waals surface area (Å²) in [6.45, 7) is 0.965. The van der Waals surface area contributed by atoms with Gasteiger partial charge in [0, 0.05) is 25.2 Å². The maximum absolute atomic E-state index is 12.8. The van der Waals surface area contributed by atoms with E-state index in [1.165, 1.54) is 19.3 Å². The molecular weight excluding hydrogens is 368 g/mol. The van der Waals surface area contributed by atoms with Gasteiger partial charge in [-0.15, -0.1) is 0 Å². The summed E-state index contributed by atoms with van der Waals surface area (Å²) in [5.41, 5.74) is 0.0128. The molecule has 2 fully saturated rings. The standard InChI is InChI=1S/C22H26N4O3/c27-18-14-22(29-19-9-5-4-8-17(18)19)11-13-25(15-22)21(28)23-20-10-12-26(24-20)16-6-2-1-3-7-16/h4-5,8-10,12,16H,1-3,6-7,11,13-15H2,(H,23,24,28). The largest absolute Gasteiger partial charge is 0.484 e. The number of nitrogens with one attached hydrogen (secondary N) is 1. The summed E-state index contributed by atoms with van der Waals surface area (Å²) < 4.78 is 8.19. The molecule has 2 aliphatic heterocycles. The second-order valence-electron chi connectivity index (χ2n) is 8.46. The summed E-state index contributed by atoms with van der Waals surface area (Å²) in [5.74, 6) is 1.28. The van der Waals surface area contributed by atoms with Crippen LogP contribution in [0, 0.1) is 0 Å². The highest BCUT2D eigenvalue weighted by atomic mass is 16.5. The lowest BCUT2D eigenvalue weighted by Gasteiger charge is -2.34. The van der Waals surface area contributed by atoms with Crippen LogP contribution in [0.5, 0.6) is 5.75 Å². The molecule has 0 bridgehead atoms. The number of benzene rings is 1. The molecule has 1 aromatic heterocycles. The number of ether oxygens (including phenoxy) is 1. The number of Topliss-reactive ketones (excluding diaryl/α,β-unsaturated/α-hetero) is 1. The second kappa shape index (κ2) is 7.21. The summed E-state index contributed by atoms with van der Waals surface area (Å²) in [6, 6.07) is 9.44. The molecular formula is C22H26N4O3. The topological polar surface area (TPSA) is 76.5 Å². The first-order chi connectivity index (χ1) is 14.1. The van der Waals surface area contributed by atoms with Gasteiger partial charge in [0.25, 0.3) is 0 Å². The molecule has 152 valence electrons. The molecule has 1 aliphatic carbocycles. The zero-order valence-electron chi connectivity index (χ0n) is 16.5. The zero-order chi connectivity index (χ0) is 19.8. The van der Waals surface area contributed by atoms with Crippen LogP contribution >= 0.6 is 0 Å². The summed E-state index contributed by atoms with van der Waals surface area (Å²) in [6.07, 6.45) is 8.99. The van der Waals surface area contributed by atoms with Gasteiger partial charge in [0.05, 0.1) is 24.6 Å². The molecule has 1 unspecified atom stereocenters. The lowest BCUT2D eigenvalue weighted by molar-refractivity contribution is 0.0482. The molecule has 2 aromatic rings. The molecule has 3 heterocycles. The van der Waals surface area contributed by atoms with Crippen LogP contribution in [0.4, 0.5) is 10.6 Å². The predicted octanol–water partition coefficient (Wildman–Crippen LogP) is 4.03. The zero-order valence-corrected chi connectivity index (χ0v) is 16.5. The van der Waals surface area contributed by atoms with E-state index in [4.69, 9.17) is 4.74 Å². The smallest absolute Gasteiger partial charge is 0.323 e. The number of rotatable bonds is 2. The number of hydrogen-bond donors (Lipinski definition) is 1. The number of carbonyl (C=O) groups is 2. The fourth-order valence-corrected chi connectivity index (χ4v) is 4.83. The van der Waals surface area contributed by atoms with E-state index in [0.717, 1.165) is 12.8 Å². The number of urea groups is 1. The van der Waals surface area contributed by atoms with Gasteiger partial charge in [-0.2, -0.15) is 5.10 Å². The van der Waals surface area contributed by atoms with Crippen LogP contribution in [0.25, 0.3) is 0 Å². The van der Waals surface area contributed by atoms with Crippen molar-refractivity contribution in [2.24, 2.45) is 0 Å². The minimum Gasteiger partial charge on any atom is -0.484 e. The van der Waals surface area contributed by atoms with Crippen LogP contribution in [-0.2, 0) is 0 Å². The van der Waals surface area contributed by atoms with Crippen molar-refractivity contribution in [3.05, 3.63) is 42.1 Å². The number of anilines is 1. The minimum atomic E-state index is -0.621. The predicted molar refractivity (Wildman–Crippen MR) is 108 cm³/mol. The molecule has 1 N–H and O–H groups in total. The van der Waals surface area contributed by atoms with Gasteiger partial charge in [0.1, 0.15) is 11.4 Å². The van der Waals surface area contributed by atoms with Crippen molar-refractivity contribution in [2.75, 3.05) is 18.4 Å². The SMILES string of the molecule is O=C1CC2(CCN(C(=O)Nc3ccn(C4CCCCC4)n3)C2)Oc2ccccc21. The number of para-hydroxylation sites is 1. The molecule has 7 nitrogen and oxygen atoms in total. The average Bonchev–Trinajstić information content (AvgIpc) is 3.36. The van der Waals surface area contributed by atoms with Crippen molar-refractivity contribution in [1.29, 1.82) is 0 Å². The van der Waals surface area contributed by atoms with Gasteiger partial charge in [-0.05, 0) is 25.0 Å². The van der Waals surface area contributed by atoms with E-state index in [0.29, 0.717) is 49.1 Å². The molecule has 1 saturated carbocycles. The summed E-state index contributed by atoms with van der Waals surface area (Å²) in [4.78, 5) is 27.1. The monoisotopic (exact) mass is 394 g/mol. The Labute approximate surface area is 170 Å². The number of likely N-dealkylation sites (tertiary alicyclic amines) is 1. The van der Waals surface area contributed by atoms with Gasteiger partial charge in [0.15, 0.2) is 11.6 Å². The first-order valence-electron chi connectivity index (χ1n) is 10.5. The third kappa shape index (κ3) is 3.50. The average molecular weight is 394 g/mol. The van der Waals surface area contributed by atoms with E-state index >= 15 is 0 Å². The molecule has 7 heteroatoms. The quantitative estimate of drug-likeness (QED) is 0.834. The first kappa shape index (κ1) is 18.2. The van der Waals surface area contributed by atoms with Gasteiger partial charge in [-0.1, -0.05) is 31.4 Å². The van der Waals surface area contributed by atoms with E-state index < -0.39 is 5.60 Å². The highest BCUT2D eigenvalue weighted by molar-refractivity contribution is 6.00. The van der Waals surface area contributed by atoms with Crippen molar-refractivity contribution < 1.29 is 14.3 Å². The van der Waals surface area contributed by atoms with Crippen LogP contribution in [0.2, 0.25) is 0 Å². The van der Waals surface area contributed by atoms with Gasteiger partial charge in [-0.3, -0.25) is 14.8 Å². The fraction of sp³-hybridized carbons (Fsp3) is 0.500. The number of hydrogen-bond acceptors (Lipinski definition) is 4.